The second-order valence-electron chi connectivity index (χ2n) is 5.18. The van der Waals surface area contributed by atoms with Crippen molar-refractivity contribution in [2.75, 3.05) is 26.2 Å². The fourth-order valence-electron chi connectivity index (χ4n) is 3.04. The van der Waals surface area contributed by atoms with Crippen LogP contribution in [0.15, 0.2) is 24.3 Å². The highest BCUT2D eigenvalue weighted by molar-refractivity contribution is 6.30. The molecule has 2 rings (SSSR count). The zero-order valence-electron chi connectivity index (χ0n) is 11.9. The van der Waals surface area contributed by atoms with Gasteiger partial charge in [-0.1, -0.05) is 30.7 Å². The van der Waals surface area contributed by atoms with Crippen molar-refractivity contribution in [2.45, 2.75) is 25.3 Å². The lowest BCUT2D eigenvalue weighted by atomic mass is 9.84. The second-order valence-corrected chi connectivity index (χ2v) is 5.61. The molecule has 20 heavy (non-hydrogen) atoms. The van der Waals surface area contributed by atoms with Crippen LogP contribution in [0.5, 0.6) is 0 Å². The van der Waals surface area contributed by atoms with Gasteiger partial charge >= 0.3 is 0 Å². The van der Waals surface area contributed by atoms with Crippen LogP contribution in [-0.2, 0) is 10.3 Å². The largest absolute Gasteiger partial charge is 0.368 e. The summed E-state index contributed by atoms with van der Waals surface area (Å²) >= 11 is 5.96. The first kappa shape index (κ1) is 15.3. The number of nitrogens with one attached hydrogen (secondary N) is 1. The number of rotatable bonds is 4. The van der Waals surface area contributed by atoms with Gasteiger partial charge in [0.05, 0.1) is 0 Å². The van der Waals surface area contributed by atoms with Crippen molar-refractivity contribution in [1.82, 2.24) is 10.2 Å². The summed E-state index contributed by atoms with van der Waals surface area (Å²) in [7, 11) is 0. The molecule has 1 aliphatic heterocycles. The van der Waals surface area contributed by atoms with Gasteiger partial charge in [-0.3, -0.25) is 9.69 Å². The van der Waals surface area contributed by atoms with Crippen LogP contribution < -0.4 is 11.1 Å². The molecule has 3 N–H and O–H groups in total. The molecule has 1 unspecified atom stereocenters. The maximum absolute atomic E-state index is 12.3. The standard InChI is InChI=1S/C15H22ClN3O/c1-2-15(14(17)20,12-4-6-13(16)7-5-12)19-10-3-8-18-9-11-19/h4-7,18H,2-3,8-11H2,1H3,(H2,17,20). The number of nitrogens with two attached hydrogens (primary N) is 1. The quantitative estimate of drug-likeness (QED) is 0.889. The van der Waals surface area contributed by atoms with Crippen molar-refractivity contribution < 1.29 is 4.79 Å². The van der Waals surface area contributed by atoms with Crippen LogP contribution in [0.3, 0.4) is 0 Å². The molecule has 0 saturated carbocycles. The molecule has 110 valence electrons. The number of hydrogen-bond donors (Lipinski definition) is 2. The monoisotopic (exact) mass is 295 g/mol. The Bertz CT molecular complexity index is 455. The molecule has 1 saturated heterocycles. The van der Waals surface area contributed by atoms with E-state index < -0.39 is 5.54 Å². The number of benzene rings is 1. The summed E-state index contributed by atoms with van der Waals surface area (Å²) < 4.78 is 0. The number of halogens is 1. The Kier molecular flexibility index (Phi) is 5.02. The van der Waals surface area contributed by atoms with Crippen molar-refractivity contribution in [3.63, 3.8) is 0 Å². The number of amides is 1. The minimum absolute atomic E-state index is 0.288. The zero-order valence-corrected chi connectivity index (χ0v) is 12.6. The predicted octanol–water partition coefficient (Wildman–Crippen LogP) is 1.73. The third-order valence-corrected chi connectivity index (χ3v) is 4.37. The molecule has 0 spiro atoms. The van der Waals surface area contributed by atoms with E-state index >= 15 is 0 Å². The van der Waals surface area contributed by atoms with Gasteiger partial charge in [0.15, 0.2) is 0 Å². The van der Waals surface area contributed by atoms with Gasteiger partial charge in [0.25, 0.3) is 0 Å². The Balaban J connectivity index is 2.43. The lowest BCUT2D eigenvalue weighted by molar-refractivity contribution is -0.131. The van der Waals surface area contributed by atoms with Crippen LogP contribution in [0.4, 0.5) is 0 Å². The first-order chi connectivity index (χ1) is 9.61. The van der Waals surface area contributed by atoms with Crippen molar-refractivity contribution >= 4 is 17.5 Å². The van der Waals surface area contributed by atoms with E-state index in [0.29, 0.717) is 11.4 Å². The molecule has 0 aliphatic carbocycles. The van der Waals surface area contributed by atoms with Crippen LogP contribution in [-0.4, -0.2) is 37.0 Å². The highest BCUT2D eigenvalue weighted by Crippen LogP contribution is 2.33. The Morgan fingerprint density at radius 2 is 2.05 bits per heavy atom. The third-order valence-electron chi connectivity index (χ3n) is 4.12. The van der Waals surface area contributed by atoms with Crippen molar-refractivity contribution in [3.8, 4) is 0 Å². The first-order valence-electron chi connectivity index (χ1n) is 7.13. The smallest absolute Gasteiger partial charge is 0.242 e. The van der Waals surface area contributed by atoms with E-state index in [1.807, 2.05) is 31.2 Å². The fourth-order valence-corrected chi connectivity index (χ4v) is 3.16. The molecule has 1 fully saturated rings. The predicted molar refractivity (Wildman–Crippen MR) is 81.7 cm³/mol. The lowest BCUT2D eigenvalue weighted by Crippen LogP contribution is -2.55. The van der Waals surface area contributed by atoms with Gasteiger partial charge in [0.2, 0.25) is 5.91 Å². The molecule has 1 aromatic rings. The van der Waals surface area contributed by atoms with E-state index in [1.54, 1.807) is 0 Å². The molecule has 1 aromatic carbocycles. The molecule has 1 atom stereocenters. The van der Waals surface area contributed by atoms with Crippen LogP contribution in [0.2, 0.25) is 5.02 Å². The Morgan fingerprint density at radius 1 is 1.35 bits per heavy atom. The zero-order chi connectivity index (χ0) is 14.6. The van der Waals surface area contributed by atoms with Gasteiger partial charge in [0.1, 0.15) is 5.54 Å². The molecule has 4 nitrogen and oxygen atoms in total. The van der Waals surface area contributed by atoms with Crippen LogP contribution >= 0.6 is 11.6 Å². The maximum Gasteiger partial charge on any atom is 0.242 e. The maximum atomic E-state index is 12.3. The van der Waals surface area contributed by atoms with E-state index in [9.17, 15) is 4.79 Å². The van der Waals surface area contributed by atoms with Crippen molar-refractivity contribution in [3.05, 3.63) is 34.9 Å². The summed E-state index contributed by atoms with van der Waals surface area (Å²) in [5.41, 5.74) is 5.99. The Hall–Kier alpha value is -1.10. The highest BCUT2D eigenvalue weighted by Gasteiger charge is 2.42. The number of hydrogen-bond acceptors (Lipinski definition) is 3. The molecule has 5 heteroatoms. The summed E-state index contributed by atoms with van der Waals surface area (Å²) in [6.07, 6.45) is 1.67. The molecule has 1 amide bonds. The van der Waals surface area contributed by atoms with Gasteiger partial charge < -0.3 is 11.1 Å². The first-order valence-corrected chi connectivity index (χ1v) is 7.50. The van der Waals surface area contributed by atoms with E-state index in [2.05, 4.69) is 10.2 Å². The normalized spacial score (nSPS) is 20.1. The number of carbonyl (C=O) groups is 1. The highest BCUT2D eigenvalue weighted by atomic mass is 35.5. The average Bonchev–Trinajstić information content (AvgIpc) is 2.71. The summed E-state index contributed by atoms with van der Waals surface area (Å²) in [6, 6.07) is 7.46. The second kappa shape index (κ2) is 6.57. The van der Waals surface area contributed by atoms with Crippen LogP contribution in [0, 0.1) is 0 Å². The Morgan fingerprint density at radius 3 is 2.65 bits per heavy atom. The van der Waals surface area contributed by atoms with E-state index in [1.165, 1.54) is 0 Å². The van der Waals surface area contributed by atoms with Gasteiger partial charge in [-0.25, -0.2) is 0 Å². The summed E-state index contributed by atoms with van der Waals surface area (Å²) in [5.74, 6) is -0.288. The van der Waals surface area contributed by atoms with Crippen LogP contribution in [0.1, 0.15) is 25.3 Å². The summed E-state index contributed by atoms with van der Waals surface area (Å²) in [5, 5.41) is 4.03. The van der Waals surface area contributed by atoms with Gasteiger partial charge in [0, 0.05) is 24.7 Å². The van der Waals surface area contributed by atoms with Gasteiger partial charge in [-0.2, -0.15) is 0 Å². The minimum atomic E-state index is -0.739. The van der Waals surface area contributed by atoms with Gasteiger partial charge in [-0.05, 0) is 37.1 Å². The van der Waals surface area contributed by atoms with E-state index in [0.717, 1.165) is 38.2 Å². The molecule has 1 heterocycles. The SMILES string of the molecule is CCC(C(N)=O)(c1ccc(Cl)cc1)N1CCCNCC1. The Labute approximate surface area is 125 Å². The van der Waals surface area contributed by atoms with Crippen LogP contribution in [0.25, 0.3) is 0 Å². The molecule has 0 aromatic heterocycles. The van der Waals surface area contributed by atoms with E-state index in [4.69, 9.17) is 17.3 Å². The molecule has 0 bridgehead atoms. The average molecular weight is 296 g/mol. The molecule has 0 radical (unpaired) electrons. The fraction of sp³-hybridized carbons (Fsp3) is 0.533. The van der Waals surface area contributed by atoms with E-state index in [-0.39, 0.29) is 5.91 Å². The topological polar surface area (TPSA) is 58.4 Å². The summed E-state index contributed by atoms with van der Waals surface area (Å²) in [4.78, 5) is 14.5. The molecule has 1 aliphatic rings. The lowest BCUT2D eigenvalue weighted by Gasteiger charge is -2.41. The van der Waals surface area contributed by atoms with Gasteiger partial charge in [-0.15, -0.1) is 0 Å². The summed E-state index contributed by atoms with van der Waals surface area (Å²) in [6.45, 7) is 5.56. The van der Waals surface area contributed by atoms with Crippen molar-refractivity contribution in [1.29, 1.82) is 0 Å². The number of carbonyl (C=O) groups excluding carboxylic acids is 1. The molecular weight excluding hydrogens is 274 g/mol. The third kappa shape index (κ3) is 2.82. The number of primary amides is 1. The van der Waals surface area contributed by atoms with Crippen molar-refractivity contribution in [2.24, 2.45) is 5.73 Å². The number of nitrogens with zero attached hydrogens (tertiary/aromatic N) is 1. The molecular formula is C15H22ClN3O. The minimum Gasteiger partial charge on any atom is -0.368 e.